The minimum Gasteiger partial charge on any atom is -0.365 e. The van der Waals surface area contributed by atoms with Gasteiger partial charge in [0.25, 0.3) is 0 Å². The van der Waals surface area contributed by atoms with Crippen molar-refractivity contribution < 1.29 is 9.13 Å². The molecule has 0 amide bonds. The Hall–Kier alpha value is -0.890. The summed E-state index contributed by atoms with van der Waals surface area (Å²) in [6, 6.07) is 5.12. The molecule has 1 aliphatic heterocycles. The Labute approximate surface area is 71.2 Å². The average Bonchev–Trinajstić information content (AvgIpc) is 2.75. The molecule has 1 aliphatic rings. The van der Waals surface area contributed by atoms with E-state index in [0.717, 1.165) is 5.56 Å². The summed E-state index contributed by atoms with van der Waals surface area (Å²) in [5, 5.41) is 0. The predicted molar refractivity (Wildman–Crippen MR) is 44.4 cm³/mol. The van der Waals surface area contributed by atoms with E-state index < -0.39 is 0 Å². The molecule has 0 aliphatic carbocycles. The van der Waals surface area contributed by atoms with Crippen molar-refractivity contribution in [1.82, 2.24) is 0 Å². The molecule has 1 aromatic carbocycles. The molecular weight excluding hydrogens is 155 g/mol. The first kappa shape index (κ1) is 7.74. The van der Waals surface area contributed by atoms with Crippen molar-refractivity contribution in [1.29, 1.82) is 0 Å². The van der Waals surface area contributed by atoms with Gasteiger partial charge in [0.1, 0.15) is 11.4 Å². The third-order valence-corrected chi connectivity index (χ3v) is 2.27. The zero-order valence-corrected chi connectivity index (χ0v) is 7.23. The van der Waals surface area contributed by atoms with Crippen LogP contribution in [0.4, 0.5) is 4.39 Å². The van der Waals surface area contributed by atoms with Crippen LogP contribution in [0.3, 0.4) is 0 Å². The molecule has 1 saturated heterocycles. The molecule has 1 unspecified atom stereocenters. The molecule has 1 atom stereocenters. The molecule has 64 valence electrons. The summed E-state index contributed by atoms with van der Waals surface area (Å²) in [4.78, 5) is 0. The molecule has 0 aromatic heterocycles. The highest BCUT2D eigenvalue weighted by atomic mass is 19.1. The molecule has 2 heteroatoms. The highest BCUT2D eigenvalue weighted by Crippen LogP contribution is 2.39. The summed E-state index contributed by atoms with van der Waals surface area (Å²) in [5.41, 5.74) is 1.40. The van der Waals surface area contributed by atoms with Gasteiger partial charge in [-0.15, -0.1) is 0 Å². The summed E-state index contributed by atoms with van der Waals surface area (Å²) in [7, 11) is 0. The maximum atomic E-state index is 13.2. The van der Waals surface area contributed by atoms with E-state index in [1.54, 1.807) is 6.07 Å². The number of hydrogen-bond acceptors (Lipinski definition) is 1. The molecular formula is C10H11FO. The van der Waals surface area contributed by atoms with Crippen LogP contribution in [-0.4, -0.2) is 6.61 Å². The number of ether oxygens (including phenoxy) is 1. The Kier molecular flexibility index (Phi) is 1.48. The quantitative estimate of drug-likeness (QED) is 0.583. The molecule has 0 spiro atoms. The number of halogens is 1. The van der Waals surface area contributed by atoms with E-state index >= 15 is 0 Å². The Bertz CT molecular complexity index is 316. The van der Waals surface area contributed by atoms with Gasteiger partial charge >= 0.3 is 0 Å². The lowest BCUT2D eigenvalue weighted by molar-refractivity contribution is 0.321. The van der Waals surface area contributed by atoms with Gasteiger partial charge in [-0.3, -0.25) is 0 Å². The van der Waals surface area contributed by atoms with Crippen LogP contribution in [-0.2, 0) is 10.3 Å². The van der Waals surface area contributed by atoms with E-state index in [9.17, 15) is 4.39 Å². The van der Waals surface area contributed by atoms with E-state index in [-0.39, 0.29) is 11.4 Å². The number of hydrogen-bond donors (Lipinski definition) is 0. The topological polar surface area (TPSA) is 12.5 Å². The SMILES string of the molecule is Cc1ccc(F)c(C2(C)CO2)c1. The molecule has 1 aromatic rings. The Morgan fingerprint density at radius 1 is 1.50 bits per heavy atom. The van der Waals surface area contributed by atoms with Crippen LogP contribution in [0, 0.1) is 12.7 Å². The fourth-order valence-electron chi connectivity index (χ4n) is 1.31. The molecule has 0 bridgehead atoms. The van der Waals surface area contributed by atoms with Crippen molar-refractivity contribution in [3.05, 3.63) is 35.1 Å². The van der Waals surface area contributed by atoms with E-state index in [1.165, 1.54) is 6.07 Å². The number of aryl methyl sites for hydroxylation is 1. The normalized spacial score (nSPS) is 27.2. The van der Waals surface area contributed by atoms with Crippen molar-refractivity contribution >= 4 is 0 Å². The largest absolute Gasteiger partial charge is 0.365 e. The molecule has 1 nitrogen and oxygen atoms in total. The van der Waals surface area contributed by atoms with E-state index in [0.29, 0.717) is 12.2 Å². The predicted octanol–water partition coefficient (Wildman–Crippen LogP) is 2.38. The van der Waals surface area contributed by atoms with E-state index in [4.69, 9.17) is 4.74 Å². The Morgan fingerprint density at radius 2 is 2.17 bits per heavy atom. The number of benzene rings is 1. The van der Waals surface area contributed by atoms with E-state index in [2.05, 4.69) is 0 Å². The van der Waals surface area contributed by atoms with Gasteiger partial charge in [-0.05, 0) is 19.9 Å². The fourth-order valence-corrected chi connectivity index (χ4v) is 1.31. The maximum absolute atomic E-state index is 13.2. The lowest BCUT2D eigenvalue weighted by atomic mass is 10.00. The van der Waals surface area contributed by atoms with Gasteiger partial charge in [-0.2, -0.15) is 0 Å². The maximum Gasteiger partial charge on any atom is 0.129 e. The van der Waals surface area contributed by atoms with Gasteiger partial charge in [-0.25, -0.2) is 4.39 Å². The van der Waals surface area contributed by atoms with Crippen LogP contribution in [0.25, 0.3) is 0 Å². The van der Waals surface area contributed by atoms with Crippen LogP contribution in [0.5, 0.6) is 0 Å². The first-order chi connectivity index (χ1) is 5.62. The highest BCUT2D eigenvalue weighted by molar-refractivity contribution is 5.31. The zero-order chi connectivity index (χ0) is 8.77. The first-order valence-electron chi connectivity index (χ1n) is 4.02. The second kappa shape index (κ2) is 2.30. The molecule has 0 radical (unpaired) electrons. The summed E-state index contributed by atoms with van der Waals surface area (Å²) in [6.07, 6.45) is 0. The monoisotopic (exact) mass is 166 g/mol. The summed E-state index contributed by atoms with van der Waals surface area (Å²) < 4.78 is 18.4. The lowest BCUT2D eigenvalue weighted by Gasteiger charge is -2.07. The Balaban J connectivity index is 2.48. The Morgan fingerprint density at radius 3 is 2.75 bits per heavy atom. The summed E-state index contributed by atoms with van der Waals surface area (Å²) >= 11 is 0. The second-order valence-corrected chi connectivity index (χ2v) is 3.50. The molecule has 1 heterocycles. The minimum absolute atomic E-state index is 0.166. The molecule has 12 heavy (non-hydrogen) atoms. The van der Waals surface area contributed by atoms with E-state index in [1.807, 2.05) is 19.9 Å². The molecule has 0 N–H and O–H groups in total. The van der Waals surface area contributed by atoms with Gasteiger partial charge in [0.05, 0.1) is 6.61 Å². The standard InChI is InChI=1S/C10H11FO/c1-7-3-4-9(11)8(5-7)10(2)6-12-10/h3-5H,6H2,1-2H3. The van der Waals surface area contributed by atoms with Gasteiger partial charge in [0.15, 0.2) is 0 Å². The van der Waals surface area contributed by atoms with Crippen molar-refractivity contribution in [3.8, 4) is 0 Å². The van der Waals surface area contributed by atoms with Gasteiger partial charge in [-0.1, -0.05) is 17.7 Å². The number of rotatable bonds is 1. The minimum atomic E-state index is -0.351. The molecule has 2 rings (SSSR count). The average molecular weight is 166 g/mol. The second-order valence-electron chi connectivity index (χ2n) is 3.50. The first-order valence-corrected chi connectivity index (χ1v) is 4.02. The molecule has 0 saturated carbocycles. The third-order valence-electron chi connectivity index (χ3n) is 2.27. The fraction of sp³-hybridized carbons (Fsp3) is 0.400. The number of epoxide rings is 1. The third kappa shape index (κ3) is 1.12. The highest BCUT2D eigenvalue weighted by Gasteiger charge is 2.43. The zero-order valence-electron chi connectivity index (χ0n) is 7.23. The summed E-state index contributed by atoms with van der Waals surface area (Å²) in [5.74, 6) is -0.166. The van der Waals surface area contributed by atoms with Crippen molar-refractivity contribution in [2.45, 2.75) is 19.4 Å². The van der Waals surface area contributed by atoms with Crippen LogP contribution in [0.15, 0.2) is 18.2 Å². The van der Waals surface area contributed by atoms with Crippen LogP contribution in [0.1, 0.15) is 18.1 Å². The smallest absolute Gasteiger partial charge is 0.129 e. The van der Waals surface area contributed by atoms with Crippen LogP contribution < -0.4 is 0 Å². The van der Waals surface area contributed by atoms with Crippen LogP contribution >= 0.6 is 0 Å². The van der Waals surface area contributed by atoms with Crippen molar-refractivity contribution in [3.63, 3.8) is 0 Å². The van der Waals surface area contributed by atoms with Gasteiger partial charge in [0, 0.05) is 5.56 Å². The van der Waals surface area contributed by atoms with Gasteiger partial charge in [0.2, 0.25) is 0 Å². The van der Waals surface area contributed by atoms with Crippen LogP contribution in [0.2, 0.25) is 0 Å². The molecule has 1 fully saturated rings. The summed E-state index contributed by atoms with van der Waals surface area (Å²) in [6.45, 7) is 4.49. The van der Waals surface area contributed by atoms with Gasteiger partial charge < -0.3 is 4.74 Å². The lowest BCUT2D eigenvalue weighted by Crippen LogP contribution is -2.05. The van der Waals surface area contributed by atoms with Crippen molar-refractivity contribution in [2.24, 2.45) is 0 Å². The van der Waals surface area contributed by atoms with Crippen molar-refractivity contribution in [2.75, 3.05) is 6.61 Å².